The number of carbonyl (C=O) groups excluding carboxylic acids is 3. The number of para-hydroxylation sites is 1. The number of pyridine rings is 1. The minimum atomic E-state index is -1.21. The summed E-state index contributed by atoms with van der Waals surface area (Å²) in [5.41, 5.74) is 3.71. The van der Waals surface area contributed by atoms with Gasteiger partial charge in [0.2, 0.25) is 0 Å². The molecule has 1 atom stereocenters. The van der Waals surface area contributed by atoms with Crippen LogP contribution in [0.1, 0.15) is 46.9 Å². The Bertz CT molecular complexity index is 1410. The van der Waals surface area contributed by atoms with Crippen LogP contribution >= 0.6 is 0 Å². The van der Waals surface area contributed by atoms with Gasteiger partial charge in [0.05, 0.1) is 21.7 Å². The van der Waals surface area contributed by atoms with Gasteiger partial charge in [0.15, 0.2) is 6.10 Å². The molecule has 4 rings (SSSR count). The molecule has 3 aromatic rings. The van der Waals surface area contributed by atoms with E-state index < -0.39 is 28.9 Å². The molecule has 3 amide bonds. The van der Waals surface area contributed by atoms with Gasteiger partial charge in [0.25, 0.3) is 11.6 Å². The van der Waals surface area contributed by atoms with E-state index in [0.29, 0.717) is 46.1 Å². The lowest BCUT2D eigenvalue weighted by atomic mass is 9.86. The van der Waals surface area contributed by atoms with Crippen molar-refractivity contribution in [2.24, 2.45) is 0 Å². The van der Waals surface area contributed by atoms with Gasteiger partial charge in [-0.2, -0.15) is 0 Å². The highest BCUT2D eigenvalue weighted by molar-refractivity contribution is 6.07. The normalized spacial score (nSPS) is 14.6. The van der Waals surface area contributed by atoms with E-state index in [2.05, 4.69) is 10.6 Å². The third kappa shape index (κ3) is 5.07. The van der Waals surface area contributed by atoms with Crippen LogP contribution in [0.4, 0.5) is 10.5 Å². The van der Waals surface area contributed by atoms with Crippen molar-refractivity contribution in [1.82, 2.24) is 15.6 Å². The fraction of sp³-hybridized carbons (Fsp3) is 0.231. The number of hydrogen-bond acceptors (Lipinski definition) is 7. The molecular weight excluding hydrogens is 464 g/mol. The average Bonchev–Trinajstić information content (AvgIpc) is 2.87. The van der Waals surface area contributed by atoms with Gasteiger partial charge in [-0.1, -0.05) is 30.3 Å². The topological polar surface area (TPSA) is 141 Å². The van der Waals surface area contributed by atoms with E-state index in [-0.39, 0.29) is 5.69 Å². The van der Waals surface area contributed by atoms with Crippen LogP contribution in [0.2, 0.25) is 0 Å². The highest BCUT2D eigenvalue weighted by Crippen LogP contribution is 2.36. The van der Waals surface area contributed by atoms with E-state index >= 15 is 0 Å². The minimum absolute atomic E-state index is 0.0138. The second kappa shape index (κ2) is 10.3. The van der Waals surface area contributed by atoms with Crippen LogP contribution in [-0.2, 0) is 16.0 Å². The monoisotopic (exact) mass is 488 g/mol. The van der Waals surface area contributed by atoms with Crippen LogP contribution in [0.3, 0.4) is 0 Å². The van der Waals surface area contributed by atoms with Gasteiger partial charge in [-0.05, 0) is 55.0 Å². The van der Waals surface area contributed by atoms with Gasteiger partial charge in [-0.3, -0.25) is 20.2 Å². The molecule has 1 aliphatic rings. The van der Waals surface area contributed by atoms with Crippen molar-refractivity contribution >= 4 is 46.1 Å². The summed E-state index contributed by atoms with van der Waals surface area (Å²) in [6.45, 7) is 1.39. The highest BCUT2D eigenvalue weighted by atomic mass is 16.6. The van der Waals surface area contributed by atoms with Gasteiger partial charge in [-0.15, -0.1) is 0 Å². The Hall–Kier alpha value is -4.60. The lowest BCUT2D eigenvalue weighted by Crippen LogP contribution is -2.43. The number of rotatable bonds is 5. The fourth-order valence-electron chi connectivity index (χ4n) is 4.19. The predicted molar refractivity (Wildman–Crippen MR) is 133 cm³/mol. The maximum atomic E-state index is 13.4. The number of benzene rings is 2. The van der Waals surface area contributed by atoms with Crippen molar-refractivity contribution in [3.05, 3.63) is 81.0 Å². The van der Waals surface area contributed by atoms with Crippen LogP contribution in [0.5, 0.6) is 0 Å². The minimum Gasteiger partial charge on any atom is -0.449 e. The third-order valence-electron chi connectivity index (χ3n) is 5.91. The van der Waals surface area contributed by atoms with E-state index in [1.807, 2.05) is 12.1 Å². The number of nitrogens with one attached hydrogen (secondary N) is 2. The van der Waals surface area contributed by atoms with Gasteiger partial charge in [0, 0.05) is 24.6 Å². The van der Waals surface area contributed by atoms with Crippen LogP contribution in [0.25, 0.3) is 22.6 Å². The van der Waals surface area contributed by atoms with Crippen molar-refractivity contribution in [2.75, 3.05) is 7.05 Å². The summed E-state index contributed by atoms with van der Waals surface area (Å²) < 4.78 is 5.46. The van der Waals surface area contributed by atoms with Crippen LogP contribution in [0, 0.1) is 10.1 Å². The molecular formula is C26H24N4O6. The SMILES string of the molecule is CNC(=O)NC(=O)C(C)OC(=O)c1c2c(nc3ccccc13)/C(=C\c1cccc([N+](=O)[O-])c1)CCC2. The first-order valence-corrected chi connectivity index (χ1v) is 11.4. The molecule has 0 spiro atoms. The Morgan fingerprint density at radius 1 is 1.14 bits per heavy atom. The summed E-state index contributed by atoms with van der Waals surface area (Å²) in [7, 11) is 1.37. The number of nitrogens with zero attached hydrogens (tertiary/aromatic N) is 2. The smallest absolute Gasteiger partial charge is 0.339 e. The lowest BCUT2D eigenvalue weighted by molar-refractivity contribution is -0.384. The van der Waals surface area contributed by atoms with Crippen LogP contribution < -0.4 is 10.6 Å². The highest BCUT2D eigenvalue weighted by Gasteiger charge is 2.28. The molecule has 1 heterocycles. The van der Waals surface area contributed by atoms with Crippen molar-refractivity contribution in [3.63, 3.8) is 0 Å². The molecule has 0 saturated heterocycles. The number of carbonyl (C=O) groups is 3. The number of esters is 1. The first-order chi connectivity index (χ1) is 17.3. The Balaban J connectivity index is 1.77. The molecule has 10 heteroatoms. The number of nitro groups is 1. The molecule has 0 aliphatic heterocycles. The zero-order chi connectivity index (χ0) is 25.8. The Morgan fingerprint density at radius 3 is 2.67 bits per heavy atom. The molecule has 2 aromatic carbocycles. The number of non-ortho nitro benzene ring substituents is 1. The number of urea groups is 1. The summed E-state index contributed by atoms with van der Waals surface area (Å²) in [6.07, 6.45) is 2.63. The number of hydrogen-bond donors (Lipinski definition) is 2. The number of allylic oxidation sites excluding steroid dienone is 1. The zero-order valence-electron chi connectivity index (χ0n) is 19.7. The van der Waals surface area contributed by atoms with Crippen LogP contribution in [-0.4, -0.2) is 41.0 Å². The first kappa shape index (κ1) is 24.5. The molecule has 10 nitrogen and oxygen atoms in total. The maximum Gasteiger partial charge on any atom is 0.339 e. The molecule has 184 valence electrons. The fourth-order valence-corrected chi connectivity index (χ4v) is 4.19. The van der Waals surface area contributed by atoms with E-state index in [4.69, 9.17) is 9.72 Å². The predicted octanol–water partition coefficient (Wildman–Crippen LogP) is 4.02. The number of ether oxygens (including phenoxy) is 1. The van der Waals surface area contributed by atoms with Crippen molar-refractivity contribution in [2.45, 2.75) is 32.3 Å². The number of amides is 3. The molecule has 1 unspecified atom stereocenters. The molecule has 0 fully saturated rings. The van der Waals surface area contributed by atoms with Crippen molar-refractivity contribution < 1.29 is 24.0 Å². The van der Waals surface area contributed by atoms with Crippen molar-refractivity contribution in [1.29, 1.82) is 0 Å². The summed E-state index contributed by atoms with van der Waals surface area (Å²) in [5, 5.41) is 16.2. The zero-order valence-corrected chi connectivity index (χ0v) is 19.7. The molecule has 0 bridgehead atoms. The van der Waals surface area contributed by atoms with Gasteiger partial charge in [-0.25, -0.2) is 14.6 Å². The summed E-state index contributed by atoms with van der Waals surface area (Å²) >= 11 is 0. The number of imide groups is 1. The van der Waals surface area contributed by atoms with Gasteiger partial charge in [0.1, 0.15) is 0 Å². The summed E-state index contributed by atoms with van der Waals surface area (Å²) in [6, 6.07) is 12.8. The average molecular weight is 489 g/mol. The Labute approximate surface area is 206 Å². The van der Waals surface area contributed by atoms with E-state index in [9.17, 15) is 24.5 Å². The van der Waals surface area contributed by atoms with E-state index in [1.54, 1.807) is 30.3 Å². The van der Waals surface area contributed by atoms with Gasteiger partial charge < -0.3 is 10.1 Å². The third-order valence-corrected chi connectivity index (χ3v) is 5.91. The molecule has 0 saturated carbocycles. The van der Waals surface area contributed by atoms with E-state index in [1.165, 1.54) is 26.1 Å². The largest absolute Gasteiger partial charge is 0.449 e. The van der Waals surface area contributed by atoms with Crippen molar-refractivity contribution in [3.8, 4) is 0 Å². The molecule has 1 aromatic heterocycles. The maximum absolute atomic E-state index is 13.4. The van der Waals surface area contributed by atoms with Gasteiger partial charge >= 0.3 is 12.0 Å². The van der Waals surface area contributed by atoms with E-state index in [0.717, 1.165) is 12.0 Å². The quantitative estimate of drug-likeness (QED) is 0.314. The standard InChI is InChI=1S/C26H24N4O6/c1-15(24(31)29-26(33)27-2)36-25(32)22-19-10-3-4-12-21(19)28-23-17(8-6-11-20(22)23)13-16-7-5-9-18(14-16)30(34)35/h3-5,7,9-10,12-15H,6,8,11H2,1-2H3,(H2,27,29,31,33)/b17-13-. The first-order valence-electron chi connectivity index (χ1n) is 11.4. The lowest BCUT2D eigenvalue weighted by Gasteiger charge is -2.23. The summed E-state index contributed by atoms with van der Waals surface area (Å²) in [4.78, 5) is 52.6. The Kier molecular flexibility index (Phi) is 7.05. The number of fused-ring (bicyclic) bond motifs is 2. The second-order valence-corrected chi connectivity index (χ2v) is 8.32. The Morgan fingerprint density at radius 2 is 1.92 bits per heavy atom. The summed E-state index contributed by atoms with van der Waals surface area (Å²) in [5.74, 6) is -1.44. The molecule has 0 radical (unpaired) electrons. The molecule has 2 N–H and O–H groups in total. The molecule has 1 aliphatic carbocycles. The number of nitro benzene ring substituents is 1. The molecule has 36 heavy (non-hydrogen) atoms. The van der Waals surface area contributed by atoms with Crippen LogP contribution in [0.15, 0.2) is 48.5 Å². The second-order valence-electron chi connectivity index (χ2n) is 8.32. The number of aromatic nitrogens is 1.